The van der Waals surface area contributed by atoms with Crippen molar-refractivity contribution in [2.45, 2.75) is 13.0 Å². The van der Waals surface area contributed by atoms with E-state index in [1.807, 2.05) is 97.9 Å². The highest BCUT2D eigenvalue weighted by atomic mass is 16.5. The van der Waals surface area contributed by atoms with E-state index in [1.54, 1.807) is 11.8 Å². The average molecular weight is 397 g/mol. The number of carbonyl (C=O) groups is 1. The SMILES string of the molecule is COc1ccc(-c2cc(C(=O)N[C@@H](C)c3ccccc3)n(-c3ccccc3)n2)cc1. The zero-order valence-corrected chi connectivity index (χ0v) is 16.9. The summed E-state index contributed by atoms with van der Waals surface area (Å²) in [5.41, 5.74) is 3.99. The molecule has 150 valence electrons. The monoisotopic (exact) mass is 397 g/mol. The molecule has 0 unspecified atom stereocenters. The number of aromatic nitrogens is 2. The van der Waals surface area contributed by atoms with Gasteiger partial charge >= 0.3 is 0 Å². The molecule has 5 heteroatoms. The van der Waals surface area contributed by atoms with Crippen LogP contribution in [0.1, 0.15) is 29.0 Å². The van der Waals surface area contributed by atoms with E-state index < -0.39 is 0 Å². The van der Waals surface area contributed by atoms with Gasteiger partial charge in [0.25, 0.3) is 5.91 Å². The molecule has 4 rings (SSSR count). The number of nitrogens with one attached hydrogen (secondary N) is 1. The van der Waals surface area contributed by atoms with Gasteiger partial charge in [-0.1, -0.05) is 48.5 Å². The third-order valence-electron chi connectivity index (χ3n) is 4.98. The average Bonchev–Trinajstić information content (AvgIpc) is 3.26. The highest BCUT2D eigenvalue weighted by Gasteiger charge is 2.19. The summed E-state index contributed by atoms with van der Waals surface area (Å²) >= 11 is 0. The van der Waals surface area contributed by atoms with Crippen molar-refractivity contribution < 1.29 is 9.53 Å². The summed E-state index contributed by atoms with van der Waals surface area (Å²) in [5.74, 6) is 0.596. The molecule has 1 N–H and O–H groups in total. The van der Waals surface area contributed by atoms with Crippen LogP contribution < -0.4 is 10.1 Å². The van der Waals surface area contributed by atoms with Crippen LogP contribution in [0.3, 0.4) is 0 Å². The molecule has 1 atom stereocenters. The molecule has 1 heterocycles. The van der Waals surface area contributed by atoms with E-state index in [1.165, 1.54) is 0 Å². The van der Waals surface area contributed by atoms with Gasteiger partial charge in [0.2, 0.25) is 0 Å². The zero-order chi connectivity index (χ0) is 20.9. The van der Waals surface area contributed by atoms with Crippen LogP contribution in [0.25, 0.3) is 16.9 Å². The van der Waals surface area contributed by atoms with Crippen LogP contribution in [0, 0.1) is 0 Å². The van der Waals surface area contributed by atoms with E-state index in [-0.39, 0.29) is 11.9 Å². The van der Waals surface area contributed by atoms with Crippen molar-refractivity contribution in [3.63, 3.8) is 0 Å². The summed E-state index contributed by atoms with van der Waals surface area (Å²) in [6, 6.07) is 28.9. The van der Waals surface area contributed by atoms with Crippen LogP contribution >= 0.6 is 0 Å². The van der Waals surface area contributed by atoms with Crippen molar-refractivity contribution in [2.75, 3.05) is 7.11 Å². The van der Waals surface area contributed by atoms with Crippen molar-refractivity contribution in [1.82, 2.24) is 15.1 Å². The first-order valence-electron chi connectivity index (χ1n) is 9.81. The van der Waals surface area contributed by atoms with Gasteiger partial charge in [-0.05, 0) is 55.0 Å². The summed E-state index contributed by atoms with van der Waals surface area (Å²) < 4.78 is 6.92. The number of methoxy groups -OCH3 is 1. The molecular weight excluding hydrogens is 374 g/mol. The van der Waals surface area contributed by atoms with E-state index >= 15 is 0 Å². The van der Waals surface area contributed by atoms with Gasteiger partial charge in [-0.2, -0.15) is 5.10 Å². The van der Waals surface area contributed by atoms with E-state index in [2.05, 4.69) is 5.32 Å². The Hall–Kier alpha value is -3.86. The minimum Gasteiger partial charge on any atom is -0.497 e. The van der Waals surface area contributed by atoms with Gasteiger partial charge in [0, 0.05) is 5.56 Å². The molecule has 0 spiro atoms. The van der Waals surface area contributed by atoms with Crippen LogP contribution in [0.5, 0.6) is 5.75 Å². The normalized spacial score (nSPS) is 11.7. The molecule has 0 aliphatic heterocycles. The highest BCUT2D eigenvalue weighted by Crippen LogP contribution is 2.24. The Labute approximate surface area is 175 Å². The smallest absolute Gasteiger partial charge is 0.270 e. The largest absolute Gasteiger partial charge is 0.497 e. The van der Waals surface area contributed by atoms with Gasteiger partial charge in [0.15, 0.2) is 0 Å². The molecule has 5 nitrogen and oxygen atoms in total. The standard InChI is InChI=1S/C25H23N3O2/c1-18(19-9-5-3-6-10-19)26-25(29)24-17-23(20-13-15-22(30-2)16-14-20)27-28(24)21-11-7-4-8-12-21/h3-18H,1-2H3,(H,26,29)/t18-/m0/s1. The number of para-hydroxylation sites is 1. The van der Waals surface area contributed by atoms with Crippen LogP contribution in [-0.2, 0) is 0 Å². The second-order valence-corrected chi connectivity index (χ2v) is 7.00. The van der Waals surface area contributed by atoms with Crippen molar-refractivity contribution in [3.05, 3.63) is 102 Å². The molecule has 1 amide bonds. The Bertz CT molecular complexity index is 1120. The lowest BCUT2D eigenvalue weighted by Crippen LogP contribution is -2.28. The lowest BCUT2D eigenvalue weighted by molar-refractivity contribution is 0.0932. The third-order valence-corrected chi connectivity index (χ3v) is 4.98. The maximum absolute atomic E-state index is 13.2. The molecule has 0 bridgehead atoms. The molecule has 30 heavy (non-hydrogen) atoms. The van der Waals surface area contributed by atoms with Crippen LogP contribution in [-0.4, -0.2) is 22.8 Å². The maximum Gasteiger partial charge on any atom is 0.270 e. The van der Waals surface area contributed by atoms with Crippen LogP contribution in [0.4, 0.5) is 0 Å². The first-order valence-corrected chi connectivity index (χ1v) is 9.81. The summed E-state index contributed by atoms with van der Waals surface area (Å²) in [5, 5.41) is 7.81. The van der Waals surface area contributed by atoms with Crippen molar-refractivity contribution in [2.24, 2.45) is 0 Å². The maximum atomic E-state index is 13.2. The second-order valence-electron chi connectivity index (χ2n) is 7.00. The van der Waals surface area contributed by atoms with Gasteiger partial charge in [-0.25, -0.2) is 4.68 Å². The quantitative estimate of drug-likeness (QED) is 0.496. The molecule has 0 saturated heterocycles. The molecule has 0 saturated carbocycles. The zero-order valence-electron chi connectivity index (χ0n) is 16.9. The topological polar surface area (TPSA) is 56.1 Å². The minimum atomic E-state index is -0.178. The Morgan fingerprint density at radius 3 is 2.20 bits per heavy atom. The fraction of sp³-hybridized carbons (Fsp3) is 0.120. The van der Waals surface area contributed by atoms with Gasteiger partial charge in [0.1, 0.15) is 11.4 Å². The fourth-order valence-electron chi connectivity index (χ4n) is 3.31. The molecule has 0 radical (unpaired) electrons. The Balaban J connectivity index is 1.69. The molecule has 1 aromatic heterocycles. The molecule has 0 aliphatic rings. The lowest BCUT2D eigenvalue weighted by atomic mass is 10.1. The number of ether oxygens (including phenoxy) is 1. The van der Waals surface area contributed by atoms with E-state index in [0.29, 0.717) is 5.69 Å². The predicted octanol–water partition coefficient (Wildman–Crippen LogP) is 5.04. The Morgan fingerprint density at radius 1 is 0.933 bits per heavy atom. The Morgan fingerprint density at radius 2 is 1.57 bits per heavy atom. The number of hydrogen-bond acceptors (Lipinski definition) is 3. The lowest BCUT2D eigenvalue weighted by Gasteiger charge is -2.15. The molecular formula is C25H23N3O2. The van der Waals surface area contributed by atoms with Crippen molar-refractivity contribution >= 4 is 5.91 Å². The van der Waals surface area contributed by atoms with E-state index in [4.69, 9.17) is 9.84 Å². The molecule has 3 aromatic carbocycles. The number of benzene rings is 3. The fourth-order valence-corrected chi connectivity index (χ4v) is 3.31. The highest BCUT2D eigenvalue weighted by molar-refractivity contribution is 5.94. The predicted molar refractivity (Wildman–Crippen MR) is 118 cm³/mol. The van der Waals surface area contributed by atoms with Gasteiger partial charge in [-0.3, -0.25) is 4.79 Å². The minimum absolute atomic E-state index is 0.123. The first-order chi connectivity index (χ1) is 14.7. The summed E-state index contributed by atoms with van der Waals surface area (Å²) in [6.07, 6.45) is 0. The van der Waals surface area contributed by atoms with Crippen molar-refractivity contribution in [3.8, 4) is 22.7 Å². The van der Waals surface area contributed by atoms with Crippen LogP contribution in [0.2, 0.25) is 0 Å². The van der Waals surface area contributed by atoms with Gasteiger partial charge in [0.05, 0.1) is 24.5 Å². The number of amides is 1. The molecule has 4 aromatic rings. The summed E-state index contributed by atoms with van der Waals surface area (Å²) in [4.78, 5) is 13.2. The summed E-state index contributed by atoms with van der Waals surface area (Å²) in [7, 11) is 1.63. The van der Waals surface area contributed by atoms with Crippen LogP contribution in [0.15, 0.2) is 91.0 Å². The van der Waals surface area contributed by atoms with Crippen molar-refractivity contribution in [1.29, 1.82) is 0 Å². The third kappa shape index (κ3) is 4.10. The number of nitrogens with zero attached hydrogens (tertiary/aromatic N) is 2. The Kier molecular flexibility index (Phi) is 5.61. The summed E-state index contributed by atoms with van der Waals surface area (Å²) in [6.45, 7) is 1.97. The van der Waals surface area contributed by atoms with E-state index in [0.717, 1.165) is 28.3 Å². The number of hydrogen-bond donors (Lipinski definition) is 1. The first kappa shape index (κ1) is 19.5. The van der Waals surface area contributed by atoms with Gasteiger partial charge < -0.3 is 10.1 Å². The molecule has 0 aliphatic carbocycles. The number of rotatable bonds is 6. The van der Waals surface area contributed by atoms with E-state index in [9.17, 15) is 4.79 Å². The van der Waals surface area contributed by atoms with Gasteiger partial charge in [-0.15, -0.1) is 0 Å². The second kappa shape index (κ2) is 8.66. The molecule has 0 fully saturated rings. The number of carbonyl (C=O) groups excluding carboxylic acids is 1.